The van der Waals surface area contributed by atoms with Crippen LogP contribution in [0.2, 0.25) is 0 Å². The molecule has 0 aliphatic rings. The van der Waals surface area contributed by atoms with Crippen molar-refractivity contribution in [1.82, 2.24) is 4.90 Å². The third kappa shape index (κ3) is 5.25. The Kier molecular flexibility index (Phi) is 6.39. The highest BCUT2D eigenvalue weighted by molar-refractivity contribution is 6.03. The molecule has 114 valence electrons. The Morgan fingerprint density at radius 1 is 1.14 bits per heavy atom. The lowest BCUT2D eigenvalue weighted by Crippen LogP contribution is -2.24. The van der Waals surface area contributed by atoms with Crippen LogP contribution in [-0.4, -0.2) is 43.4 Å². The van der Waals surface area contributed by atoms with Crippen LogP contribution in [0.1, 0.15) is 30.1 Å². The van der Waals surface area contributed by atoms with Gasteiger partial charge in [-0.2, -0.15) is 0 Å². The van der Waals surface area contributed by atoms with Crippen LogP contribution in [0.25, 0.3) is 0 Å². The molecular weight excluding hydrogens is 272 g/mol. The summed E-state index contributed by atoms with van der Waals surface area (Å²) in [7, 11) is 3.28. The second-order valence-electron chi connectivity index (χ2n) is 4.60. The van der Waals surface area contributed by atoms with Gasteiger partial charge in [0.1, 0.15) is 0 Å². The molecule has 0 unspecified atom stereocenters. The number of nitrogens with one attached hydrogen (secondary N) is 1. The molecule has 1 N–H and O–H groups in total. The van der Waals surface area contributed by atoms with E-state index in [1.807, 2.05) is 0 Å². The van der Waals surface area contributed by atoms with Crippen molar-refractivity contribution in [3.8, 4) is 0 Å². The topological polar surface area (TPSA) is 75.7 Å². The maximum absolute atomic E-state index is 12.0. The van der Waals surface area contributed by atoms with Gasteiger partial charge in [-0.05, 0) is 19.1 Å². The molecule has 0 aliphatic heterocycles. The highest BCUT2D eigenvalue weighted by atomic mass is 16.5. The molecule has 0 saturated heterocycles. The SMILES string of the molecule is CCOC(=O)CCC(=O)Nc1ccccc1C(=O)N(C)C. The second-order valence-corrected chi connectivity index (χ2v) is 4.60. The van der Waals surface area contributed by atoms with Gasteiger partial charge in [-0.3, -0.25) is 14.4 Å². The molecule has 2 amide bonds. The van der Waals surface area contributed by atoms with Gasteiger partial charge in [-0.1, -0.05) is 12.1 Å². The molecule has 1 aromatic carbocycles. The minimum atomic E-state index is -0.412. The first-order valence-corrected chi connectivity index (χ1v) is 6.71. The summed E-state index contributed by atoms with van der Waals surface area (Å²) in [6, 6.07) is 6.75. The van der Waals surface area contributed by atoms with Crippen LogP contribution < -0.4 is 5.32 Å². The van der Waals surface area contributed by atoms with Gasteiger partial charge in [0, 0.05) is 20.5 Å². The molecule has 0 aliphatic carbocycles. The molecule has 0 atom stereocenters. The predicted molar refractivity (Wildman–Crippen MR) is 79.0 cm³/mol. The maximum atomic E-state index is 12.0. The molecule has 0 aromatic heterocycles. The van der Waals surface area contributed by atoms with Crippen LogP contribution in [-0.2, 0) is 14.3 Å². The number of rotatable bonds is 6. The third-order valence-corrected chi connectivity index (χ3v) is 2.70. The molecule has 0 fully saturated rings. The summed E-state index contributed by atoms with van der Waals surface area (Å²) in [5.74, 6) is -0.941. The molecule has 1 aromatic rings. The molecule has 0 radical (unpaired) electrons. The van der Waals surface area contributed by atoms with Gasteiger partial charge in [0.25, 0.3) is 5.91 Å². The minimum absolute atomic E-state index is 0.0172. The van der Waals surface area contributed by atoms with E-state index in [0.717, 1.165) is 0 Å². The molecule has 0 saturated carbocycles. The lowest BCUT2D eigenvalue weighted by Gasteiger charge is -2.14. The van der Waals surface area contributed by atoms with Crippen LogP contribution >= 0.6 is 0 Å². The summed E-state index contributed by atoms with van der Waals surface area (Å²) in [5.41, 5.74) is 0.844. The molecule has 0 spiro atoms. The lowest BCUT2D eigenvalue weighted by molar-refractivity contribution is -0.144. The van der Waals surface area contributed by atoms with Crippen molar-refractivity contribution in [2.45, 2.75) is 19.8 Å². The Bertz CT molecular complexity index is 526. The van der Waals surface area contributed by atoms with Crippen molar-refractivity contribution in [3.05, 3.63) is 29.8 Å². The Morgan fingerprint density at radius 2 is 1.81 bits per heavy atom. The largest absolute Gasteiger partial charge is 0.466 e. The van der Waals surface area contributed by atoms with Crippen LogP contribution in [0, 0.1) is 0 Å². The number of hydrogen-bond acceptors (Lipinski definition) is 4. The first-order chi connectivity index (χ1) is 9.95. The van der Waals surface area contributed by atoms with E-state index in [0.29, 0.717) is 17.9 Å². The van der Waals surface area contributed by atoms with Gasteiger partial charge < -0.3 is 15.0 Å². The highest BCUT2D eigenvalue weighted by Gasteiger charge is 2.15. The summed E-state index contributed by atoms with van der Waals surface area (Å²) < 4.78 is 4.76. The van der Waals surface area contributed by atoms with Crippen molar-refractivity contribution < 1.29 is 19.1 Å². The summed E-state index contributed by atoms with van der Waals surface area (Å²) in [4.78, 5) is 36.5. The molecule has 0 heterocycles. The summed E-state index contributed by atoms with van der Waals surface area (Å²) in [6.45, 7) is 2.00. The number of nitrogens with zero attached hydrogens (tertiary/aromatic N) is 1. The Morgan fingerprint density at radius 3 is 2.43 bits per heavy atom. The summed E-state index contributed by atoms with van der Waals surface area (Å²) in [5, 5.41) is 2.65. The number of carbonyl (C=O) groups excluding carboxylic acids is 3. The van der Waals surface area contributed by atoms with E-state index >= 15 is 0 Å². The van der Waals surface area contributed by atoms with Crippen LogP contribution in [0.15, 0.2) is 24.3 Å². The normalized spacial score (nSPS) is 9.86. The summed E-state index contributed by atoms with van der Waals surface area (Å²) in [6.07, 6.45) is 0.0345. The van der Waals surface area contributed by atoms with E-state index < -0.39 is 5.97 Å². The quantitative estimate of drug-likeness (QED) is 0.809. The monoisotopic (exact) mass is 292 g/mol. The zero-order chi connectivity index (χ0) is 15.8. The molecule has 21 heavy (non-hydrogen) atoms. The fourth-order valence-corrected chi connectivity index (χ4v) is 1.68. The zero-order valence-corrected chi connectivity index (χ0v) is 12.5. The highest BCUT2D eigenvalue weighted by Crippen LogP contribution is 2.17. The number of hydrogen-bond donors (Lipinski definition) is 1. The smallest absolute Gasteiger partial charge is 0.306 e. The molecule has 6 heteroatoms. The van der Waals surface area contributed by atoms with Gasteiger partial charge in [0.2, 0.25) is 5.91 Å². The van der Waals surface area contributed by atoms with E-state index in [2.05, 4.69) is 5.32 Å². The van der Waals surface area contributed by atoms with E-state index in [4.69, 9.17) is 4.74 Å². The van der Waals surface area contributed by atoms with Crippen molar-refractivity contribution in [1.29, 1.82) is 0 Å². The van der Waals surface area contributed by atoms with E-state index in [1.54, 1.807) is 45.3 Å². The van der Waals surface area contributed by atoms with Crippen LogP contribution in [0.3, 0.4) is 0 Å². The van der Waals surface area contributed by atoms with Crippen LogP contribution in [0.5, 0.6) is 0 Å². The number of esters is 1. The Hall–Kier alpha value is -2.37. The van der Waals surface area contributed by atoms with Crippen LogP contribution in [0.4, 0.5) is 5.69 Å². The number of ether oxygens (including phenoxy) is 1. The number of carbonyl (C=O) groups is 3. The molecule has 0 bridgehead atoms. The first-order valence-electron chi connectivity index (χ1n) is 6.71. The van der Waals surface area contributed by atoms with E-state index in [-0.39, 0.29) is 24.7 Å². The van der Waals surface area contributed by atoms with E-state index in [1.165, 1.54) is 4.90 Å². The van der Waals surface area contributed by atoms with Gasteiger partial charge in [0.05, 0.1) is 24.3 Å². The number of benzene rings is 1. The molecular formula is C15H20N2O4. The molecule has 1 rings (SSSR count). The van der Waals surface area contributed by atoms with E-state index in [9.17, 15) is 14.4 Å². The molecule has 6 nitrogen and oxygen atoms in total. The zero-order valence-electron chi connectivity index (χ0n) is 12.5. The second kappa shape index (κ2) is 8.04. The fraction of sp³-hybridized carbons (Fsp3) is 0.400. The Balaban J connectivity index is 2.68. The maximum Gasteiger partial charge on any atom is 0.306 e. The third-order valence-electron chi connectivity index (χ3n) is 2.70. The van der Waals surface area contributed by atoms with Gasteiger partial charge in [-0.15, -0.1) is 0 Å². The Labute approximate surface area is 124 Å². The number of anilines is 1. The van der Waals surface area contributed by atoms with Gasteiger partial charge >= 0.3 is 5.97 Å². The standard InChI is InChI=1S/C15H20N2O4/c1-4-21-14(19)10-9-13(18)16-12-8-6-5-7-11(12)15(20)17(2)3/h5-8H,4,9-10H2,1-3H3,(H,16,18). The van der Waals surface area contributed by atoms with Crippen molar-refractivity contribution in [2.24, 2.45) is 0 Å². The van der Waals surface area contributed by atoms with Crippen molar-refractivity contribution in [2.75, 3.05) is 26.0 Å². The van der Waals surface area contributed by atoms with Gasteiger partial charge in [-0.25, -0.2) is 0 Å². The van der Waals surface area contributed by atoms with Gasteiger partial charge in [0.15, 0.2) is 0 Å². The minimum Gasteiger partial charge on any atom is -0.466 e. The average molecular weight is 292 g/mol. The average Bonchev–Trinajstić information content (AvgIpc) is 2.45. The fourth-order valence-electron chi connectivity index (χ4n) is 1.68. The number of para-hydroxylation sites is 1. The first kappa shape index (κ1) is 16.7. The predicted octanol–water partition coefficient (Wildman–Crippen LogP) is 1.67. The number of amides is 2. The van der Waals surface area contributed by atoms with Crippen molar-refractivity contribution >= 4 is 23.5 Å². The lowest BCUT2D eigenvalue weighted by atomic mass is 10.1. The summed E-state index contributed by atoms with van der Waals surface area (Å²) >= 11 is 0. The van der Waals surface area contributed by atoms with Crippen molar-refractivity contribution in [3.63, 3.8) is 0 Å².